The van der Waals surface area contributed by atoms with Gasteiger partial charge in [-0.15, -0.1) is 0 Å². The van der Waals surface area contributed by atoms with Crippen LogP contribution in [-0.4, -0.2) is 27.0 Å². The molecule has 0 fully saturated rings. The molecular formula is C10H12N2O2S. The number of nitrogens with zero attached hydrogens (tertiary/aromatic N) is 1. The number of rotatable bonds is 4. The van der Waals surface area contributed by atoms with E-state index < -0.39 is 9.84 Å². The maximum atomic E-state index is 10.8. The molecule has 5 heteroatoms. The fraction of sp³-hybridized carbons (Fsp3) is 0.300. The Labute approximate surface area is 89.5 Å². The molecule has 0 radical (unpaired) electrons. The molecule has 0 aliphatic heterocycles. The Bertz CT molecular complexity index is 457. The molecule has 15 heavy (non-hydrogen) atoms. The number of nitriles is 1. The highest BCUT2D eigenvalue weighted by Crippen LogP contribution is 2.08. The summed E-state index contributed by atoms with van der Waals surface area (Å²) < 4.78 is 21.7. The molecule has 1 N–H and O–H groups in total. The highest BCUT2D eigenvalue weighted by atomic mass is 32.2. The van der Waals surface area contributed by atoms with E-state index in [4.69, 9.17) is 5.26 Å². The van der Waals surface area contributed by atoms with Crippen molar-refractivity contribution in [2.75, 3.05) is 23.9 Å². The van der Waals surface area contributed by atoms with Crippen molar-refractivity contribution in [2.24, 2.45) is 0 Å². The van der Waals surface area contributed by atoms with Crippen LogP contribution in [0.3, 0.4) is 0 Å². The molecule has 1 aromatic carbocycles. The summed E-state index contributed by atoms with van der Waals surface area (Å²) in [6, 6.07) is 8.88. The second kappa shape index (κ2) is 4.80. The molecule has 0 unspecified atom stereocenters. The zero-order chi connectivity index (χ0) is 11.3. The van der Waals surface area contributed by atoms with Gasteiger partial charge in [-0.1, -0.05) is 0 Å². The first-order valence-corrected chi connectivity index (χ1v) is 6.49. The van der Waals surface area contributed by atoms with Crippen LogP contribution in [0.4, 0.5) is 5.69 Å². The first-order chi connectivity index (χ1) is 7.01. The number of benzene rings is 1. The van der Waals surface area contributed by atoms with Gasteiger partial charge < -0.3 is 5.32 Å². The topological polar surface area (TPSA) is 70.0 Å². The van der Waals surface area contributed by atoms with Crippen molar-refractivity contribution < 1.29 is 8.42 Å². The minimum absolute atomic E-state index is 0.104. The van der Waals surface area contributed by atoms with Crippen LogP contribution in [0.15, 0.2) is 24.3 Å². The molecule has 0 heterocycles. The molecule has 4 nitrogen and oxygen atoms in total. The largest absolute Gasteiger partial charge is 0.384 e. The fourth-order valence-electron chi connectivity index (χ4n) is 1.04. The lowest BCUT2D eigenvalue weighted by molar-refractivity contribution is 0.602. The van der Waals surface area contributed by atoms with Crippen LogP contribution in [0.1, 0.15) is 5.56 Å². The van der Waals surface area contributed by atoms with Crippen LogP contribution in [0.25, 0.3) is 0 Å². The van der Waals surface area contributed by atoms with Gasteiger partial charge in [0, 0.05) is 18.5 Å². The average Bonchev–Trinajstić information content (AvgIpc) is 2.17. The van der Waals surface area contributed by atoms with Crippen molar-refractivity contribution in [3.8, 4) is 6.07 Å². The summed E-state index contributed by atoms with van der Waals surface area (Å²) in [5.41, 5.74) is 1.40. The summed E-state index contributed by atoms with van der Waals surface area (Å²) in [6.45, 7) is 0.380. The van der Waals surface area contributed by atoms with Gasteiger partial charge in [0.1, 0.15) is 9.84 Å². The van der Waals surface area contributed by atoms with E-state index >= 15 is 0 Å². The molecule has 0 atom stereocenters. The minimum atomic E-state index is -2.92. The van der Waals surface area contributed by atoms with Crippen LogP contribution in [0, 0.1) is 11.3 Å². The van der Waals surface area contributed by atoms with E-state index in [1.807, 2.05) is 6.07 Å². The molecule has 1 rings (SSSR count). The first kappa shape index (κ1) is 11.5. The van der Waals surface area contributed by atoms with Gasteiger partial charge in [-0.2, -0.15) is 5.26 Å². The predicted octanol–water partition coefficient (Wildman–Crippen LogP) is 1.01. The van der Waals surface area contributed by atoms with Crippen LogP contribution >= 0.6 is 0 Å². The van der Waals surface area contributed by atoms with E-state index in [1.54, 1.807) is 24.3 Å². The van der Waals surface area contributed by atoms with Crippen molar-refractivity contribution in [3.05, 3.63) is 29.8 Å². The lowest BCUT2D eigenvalue weighted by Crippen LogP contribution is -2.13. The van der Waals surface area contributed by atoms with Gasteiger partial charge >= 0.3 is 0 Å². The Morgan fingerprint density at radius 3 is 2.40 bits per heavy atom. The molecule has 0 aliphatic carbocycles. The van der Waals surface area contributed by atoms with Crippen LogP contribution in [-0.2, 0) is 9.84 Å². The molecule has 0 bridgehead atoms. The molecule has 0 spiro atoms. The summed E-state index contributed by atoms with van der Waals surface area (Å²) in [5, 5.41) is 11.5. The molecule has 80 valence electrons. The Balaban J connectivity index is 2.49. The van der Waals surface area contributed by atoms with E-state index in [-0.39, 0.29) is 5.75 Å². The minimum Gasteiger partial charge on any atom is -0.384 e. The van der Waals surface area contributed by atoms with Crippen molar-refractivity contribution in [3.63, 3.8) is 0 Å². The molecule has 0 aliphatic rings. The molecule has 0 saturated carbocycles. The Hall–Kier alpha value is -1.54. The summed E-state index contributed by atoms with van der Waals surface area (Å²) in [4.78, 5) is 0. The second-order valence-electron chi connectivity index (χ2n) is 3.25. The fourth-order valence-corrected chi connectivity index (χ4v) is 1.52. The van der Waals surface area contributed by atoms with E-state index in [1.165, 1.54) is 6.26 Å². The standard InChI is InChI=1S/C10H12N2O2S/c1-15(13,14)7-6-12-10-4-2-9(8-11)3-5-10/h2-5,12H,6-7H2,1H3. The highest BCUT2D eigenvalue weighted by molar-refractivity contribution is 7.90. The maximum absolute atomic E-state index is 10.8. The maximum Gasteiger partial charge on any atom is 0.149 e. The quantitative estimate of drug-likeness (QED) is 0.828. The van der Waals surface area contributed by atoms with E-state index in [0.29, 0.717) is 12.1 Å². The Morgan fingerprint density at radius 1 is 1.33 bits per heavy atom. The average molecular weight is 224 g/mol. The molecule has 0 saturated heterocycles. The Morgan fingerprint density at radius 2 is 1.93 bits per heavy atom. The molecule has 1 aromatic rings. The summed E-state index contributed by atoms with van der Waals surface area (Å²) >= 11 is 0. The predicted molar refractivity (Wildman–Crippen MR) is 59.4 cm³/mol. The van der Waals surface area contributed by atoms with Gasteiger partial charge in [0.2, 0.25) is 0 Å². The summed E-state index contributed by atoms with van der Waals surface area (Å²) in [6.07, 6.45) is 1.20. The van der Waals surface area contributed by atoms with Crippen LogP contribution in [0.2, 0.25) is 0 Å². The summed E-state index contributed by atoms with van der Waals surface area (Å²) in [7, 11) is -2.92. The molecule has 0 aromatic heterocycles. The molecular weight excluding hydrogens is 212 g/mol. The zero-order valence-electron chi connectivity index (χ0n) is 8.40. The Kier molecular flexibility index (Phi) is 3.69. The smallest absolute Gasteiger partial charge is 0.149 e. The van der Waals surface area contributed by atoms with Crippen molar-refractivity contribution in [1.82, 2.24) is 0 Å². The van der Waals surface area contributed by atoms with Gasteiger partial charge in [-0.25, -0.2) is 8.42 Å². The number of hydrogen-bond donors (Lipinski definition) is 1. The second-order valence-corrected chi connectivity index (χ2v) is 5.51. The number of nitrogens with one attached hydrogen (secondary N) is 1. The number of sulfone groups is 1. The molecule has 0 amide bonds. The van der Waals surface area contributed by atoms with Gasteiger partial charge in [-0.3, -0.25) is 0 Å². The van der Waals surface area contributed by atoms with E-state index in [0.717, 1.165) is 5.69 Å². The first-order valence-electron chi connectivity index (χ1n) is 4.43. The monoisotopic (exact) mass is 224 g/mol. The third-order valence-electron chi connectivity index (χ3n) is 1.82. The van der Waals surface area contributed by atoms with Gasteiger partial charge in [0.25, 0.3) is 0 Å². The van der Waals surface area contributed by atoms with Crippen LogP contribution in [0.5, 0.6) is 0 Å². The third-order valence-corrected chi connectivity index (χ3v) is 2.76. The number of anilines is 1. The van der Waals surface area contributed by atoms with E-state index in [9.17, 15) is 8.42 Å². The van der Waals surface area contributed by atoms with Gasteiger partial charge in [0.05, 0.1) is 17.4 Å². The van der Waals surface area contributed by atoms with Gasteiger partial charge in [0.15, 0.2) is 0 Å². The normalized spacial score (nSPS) is 10.7. The van der Waals surface area contributed by atoms with Crippen molar-refractivity contribution >= 4 is 15.5 Å². The lowest BCUT2D eigenvalue weighted by Gasteiger charge is -2.04. The van der Waals surface area contributed by atoms with Crippen molar-refractivity contribution in [1.29, 1.82) is 5.26 Å². The SMILES string of the molecule is CS(=O)(=O)CCNc1ccc(C#N)cc1. The zero-order valence-corrected chi connectivity index (χ0v) is 9.21. The van der Waals surface area contributed by atoms with E-state index in [2.05, 4.69) is 5.32 Å². The third kappa shape index (κ3) is 4.47. The van der Waals surface area contributed by atoms with Crippen molar-refractivity contribution in [2.45, 2.75) is 0 Å². The van der Waals surface area contributed by atoms with Crippen LogP contribution < -0.4 is 5.32 Å². The summed E-state index contributed by atoms with van der Waals surface area (Å²) in [5.74, 6) is 0.104. The van der Waals surface area contributed by atoms with Gasteiger partial charge in [-0.05, 0) is 24.3 Å². The highest BCUT2D eigenvalue weighted by Gasteiger charge is 2.00. The lowest BCUT2D eigenvalue weighted by atomic mass is 10.2. The number of hydrogen-bond acceptors (Lipinski definition) is 4.